The molecule has 0 spiro atoms. The molecular weight excluding hydrogens is 256 g/mol. The summed E-state index contributed by atoms with van der Waals surface area (Å²) in [6.45, 7) is 2.04. The molecule has 2 aromatic rings. The molecule has 0 bridgehead atoms. The van der Waals surface area contributed by atoms with Crippen molar-refractivity contribution in [2.24, 2.45) is 7.05 Å². The van der Waals surface area contributed by atoms with Gasteiger partial charge < -0.3 is 9.88 Å². The van der Waals surface area contributed by atoms with E-state index in [2.05, 4.69) is 31.2 Å². The first kappa shape index (κ1) is 10.2. The lowest BCUT2D eigenvalue weighted by Crippen LogP contribution is -1.96. The number of hydrogen-bond acceptors (Lipinski definition) is 3. The van der Waals surface area contributed by atoms with Crippen molar-refractivity contribution in [1.29, 1.82) is 0 Å². The Hall–Kier alpha value is -1.36. The summed E-state index contributed by atoms with van der Waals surface area (Å²) in [4.78, 5) is 8.29. The SMILES string of the molecule is Cc1cn(C)cc1Nc1ncc(Br)cn1. The van der Waals surface area contributed by atoms with Crippen LogP contribution in [0.1, 0.15) is 5.56 Å². The number of aryl methyl sites for hydroxylation is 2. The largest absolute Gasteiger partial charge is 0.355 e. The Morgan fingerprint density at radius 1 is 1.27 bits per heavy atom. The smallest absolute Gasteiger partial charge is 0.227 e. The molecule has 2 aromatic heterocycles. The number of rotatable bonds is 2. The topological polar surface area (TPSA) is 42.7 Å². The fourth-order valence-corrected chi connectivity index (χ4v) is 1.55. The van der Waals surface area contributed by atoms with E-state index >= 15 is 0 Å². The third-order valence-electron chi connectivity index (χ3n) is 2.02. The van der Waals surface area contributed by atoms with Gasteiger partial charge in [0.15, 0.2) is 0 Å². The molecule has 0 aliphatic rings. The molecule has 0 saturated carbocycles. The molecule has 2 heterocycles. The molecule has 0 amide bonds. The van der Waals surface area contributed by atoms with Gasteiger partial charge in [-0.2, -0.15) is 0 Å². The molecule has 0 aliphatic carbocycles. The summed E-state index contributed by atoms with van der Waals surface area (Å²) in [7, 11) is 1.99. The maximum absolute atomic E-state index is 4.15. The lowest BCUT2D eigenvalue weighted by atomic mass is 10.3. The molecule has 0 saturated heterocycles. The van der Waals surface area contributed by atoms with Gasteiger partial charge >= 0.3 is 0 Å². The van der Waals surface area contributed by atoms with Gasteiger partial charge in [-0.3, -0.25) is 0 Å². The highest BCUT2D eigenvalue weighted by Crippen LogP contribution is 2.18. The fourth-order valence-electron chi connectivity index (χ4n) is 1.35. The Balaban J connectivity index is 2.21. The summed E-state index contributed by atoms with van der Waals surface area (Å²) < 4.78 is 2.87. The van der Waals surface area contributed by atoms with E-state index in [-0.39, 0.29) is 0 Å². The minimum absolute atomic E-state index is 0.604. The summed E-state index contributed by atoms with van der Waals surface area (Å²) in [6, 6.07) is 0. The molecule has 0 atom stereocenters. The van der Waals surface area contributed by atoms with Crippen LogP contribution >= 0.6 is 15.9 Å². The van der Waals surface area contributed by atoms with Gasteiger partial charge in [0.05, 0.1) is 10.2 Å². The Bertz CT molecular complexity index is 461. The molecule has 2 rings (SSSR count). The van der Waals surface area contributed by atoms with E-state index in [1.165, 1.54) is 5.56 Å². The van der Waals surface area contributed by atoms with Crippen LogP contribution in [0.4, 0.5) is 11.6 Å². The van der Waals surface area contributed by atoms with Crippen LogP contribution in [0.15, 0.2) is 29.3 Å². The minimum atomic E-state index is 0.604. The first-order chi connectivity index (χ1) is 7.15. The van der Waals surface area contributed by atoms with Crippen LogP contribution in [0.2, 0.25) is 0 Å². The number of nitrogens with zero attached hydrogens (tertiary/aromatic N) is 3. The number of halogens is 1. The summed E-state index contributed by atoms with van der Waals surface area (Å²) in [5.41, 5.74) is 2.20. The Morgan fingerprint density at radius 2 is 1.93 bits per heavy atom. The van der Waals surface area contributed by atoms with Crippen LogP contribution in [-0.4, -0.2) is 14.5 Å². The molecule has 5 heteroatoms. The third kappa shape index (κ3) is 2.36. The van der Waals surface area contributed by atoms with Gasteiger partial charge in [-0.1, -0.05) is 0 Å². The Morgan fingerprint density at radius 3 is 2.47 bits per heavy atom. The molecule has 0 unspecified atom stereocenters. The maximum Gasteiger partial charge on any atom is 0.227 e. The molecular formula is C10H11BrN4. The van der Waals surface area contributed by atoms with Gasteiger partial charge in [0, 0.05) is 31.8 Å². The lowest BCUT2D eigenvalue weighted by molar-refractivity contribution is 0.925. The van der Waals surface area contributed by atoms with Gasteiger partial charge in [-0.25, -0.2) is 9.97 Å². The molecule has 0 fully saturated rings. The molecule has 0 radical (unpaired) electrons. The summed E-state index contributed by atoms with van der Waals surface area (Å²) >= 11 is 3.29. The Kier molecular flexibility index (Phi) is 2.73. The normalized spacial score (nSPS) is 10.3. The fraction of sp³-hybridized carbons (Fsp3) is 0.200. The molecule has 4 nitrogen and oxygen atoms in total. The first-order valence-electron chi connectivity index (χ1n) is 4.52. The number of hydrogen-bond donors (Lipinski definition) is 1. The van der Waals surface area contributed by atoms with Crippen molar-refractivity contribution in [3.63, 3.8) is 0 Å². The highest BCUT2D eigenvalue weighted by atomic mass is 79.9. The van der Waals surface area contributed by atoms with Crippen LogP contribution in [0.25, 0.3) is 0 Å². The van der Waals surface area contributed by atoms with E-state index in [0.29, 0.717) is 5.95 Å². The van der Waals surface area contributed by atoms with Crippen LogP contribution in [0.3, 0.4) is 0 Å². The molecule has 0 aromatic carbocycles. The second kappa shape index (κ2) is 4.02. The predicted molar refractivity (Wildman–Crippen MR) is 63.2 cm³/mol. The summed E-state index contributed by atoms with van der Waals surface area (Å²) in [5.74, 6) is 0.604. The van der Waals surface area contributed by atoms with E-state index in [9.17, 15) is 0 Å². The van der Waals surface area contributed by atoms with Crippen LogP contribution in [0.5, 0.6) is 0 Å². The van der Waals surface area contributed by atoms with Crippen molar-refractivity contribution in [3.8, 4) is 0 Å². The molecule has 0 aliphatic heterocycles. The number of nitrogens with one attached hydrogen (secondary N) is 1. The first-order valence-corrected chi connectivity index (χ1v) is 5.31. The van der Waals surface area contributed by atoms with Crippen LogP contribution < -0.4 is 5.32 Å². The monoisotopic (exact) mass is 266 g/mol. The standard InChI is InChI=1S/C10H11BrN4/c1-7-5-15(2)6-9(7)14-10-12-3-8(11)4-13-10/h3-6H,1-2H3,(H,12,13,14). The second-order valence-corrected chi connectivity index (χ2v) is 4.29. The van der Waals surface area contributed by atoms with Gasteiger partial charge in [-0.15, -0.1) is 0 Å². The average Bonchev–Trinajstić information content (AvgIpc) is 2.49. The third-order valence-corrected chi connectivity index (χ3v) is 2.43. The minimum Gasteiger partial charge on any atom is -0.355 e. The van der Waals surface area contributed by atoms with Gasteiger partial charge in [-0.05, 0) is 28.4 Å². The van der Waals surface area contributed by atoms with Crippen molar-refractivity contribution >= 4 is 27.6 Å². The van der Waals surface area contributed by atoms with E-state index in [4.69, 9.17) is 0 Å². The quantitative estimate of drug-likeness (QED) is 0.909. The molecule has 78 valence electrons. The van der Waals surface area contributed by atoms with Crippen molar-refractivity contribution in [1.82, 2.24) is 14.5 Å². The zero-order valence-corrected chi connectivity index (χ0v) is 10.1. The van der Waals surface area contributed by atoms with Crippen LogP contribution in [-0.2, 0) is 7.05 Å². The van der Waals surface area contributed by atoms with Crippen LogP contribution in [0, 0.1) is 6.92 Å². The summed E-state index contributed by atoms with van der Waals surface area (Å²) in [5, 5.41) is 3.16. The van der Waals surface area contributed by atoms with Gasteiger partial charge in [0.1, 0.15) is 0 Å². The van der Waals surface area contributed by atoms with E-state index in [0.717, 1.165) is 10.2 Å². The molecule has 15 heavy (non-hydrogen) atoms. The van der Waals surface area contributed by atoms with E-state index in [1.54, 1.807) is 12.4 Å². The highest BCUT2D eigenvalue weighted by Gasteiger charge is 2.02. The van der Waals surface area contributed by atoms with Crippen molar-refractivity contribution < 1.29 is 0 Å². The second-order valence-electron chi connectivity index (χ2n) is 3.37. The lowest BCUT2D eigenvalue weighted by Gasteiger charge is -2.02. The number of anilines is 2. The molecule has 1 N–H and O–H groups in total. The zero-order valence-electron chi connectivity index (χ0n) is 8.53. The van der Waals surface area contributed by atoms with E-state index in [1.807, 2.05) is 30.9 Å². The van der Waals surface area contributed by atoms with E-state index < -0.39 is 0 Å². The number of aromatic nitrogens is 3. The zero-order chi connectivity index (χ0) is 10.8. The summed E-state index contributed by atoms with van der Waals surface area (Å²) in [6.07, 6.45) is 7.48. The predicted octanol–water partition coefficient (Wildman–Crippen LogP) is 2.63. The average molecular weight is 267 g/mol. The van der Waals surface area contributed by atoms with Gasteiger partial charge in [0.25, 0.3) is 0 Å². The van der Waals surface area contributed by atoms with Gasteiger partial charge in [0.2, 0.25) is 5.95 Å². The van der Waals surface area contributed by atoms with Crippen molar-refractivity contribution in [3.05, 3.63) is 34.8 Å². The Labute approximate surface area is 96.5 Å². The highest BCUT2D eigenvalue weighted by molar-refractivity contribution is 9.10. The maximum atomic E-state index is 4.15. The van der Waals surface area contributed by atoms with Crippen molar-refractivity contribution in [2.45, 2.75) is 6.92 Å². The van der Waals surface area contributed by atoms with Crippen molar-refractivity contribution in [2.75, 3.05) is 5.32 Å².